The molecule has 0 aliphatic rings. The molecular weight excluding hydrogens is 665 g/mol. The van der Waals surface area contributed by atoms with Gasteiger partial charge in [0.2, 0.25) is 0 Å². The number of rotatable bonds is 5. The molecule has 10 rings (SSSR count). The van der Waals surface area contributed by atoms with Gasteiger partial charge in [0, 0.05) is 47.8 Å². The lowest BCUT2D eigenvalue weighted by Gasteiger charge is -2.13. The second-order valence-corrected chi connectivity index (χ2v) is 14.5. The maximum atomic E-state index is 6.57. The molecule has 0 atom stereocenters. The summed E-state index contributed by atoms with van der Waals surface area (Å²) in [4.78, 5) is 10.6. The van der Waals surface area contributed by atoms with Crippen LogP contribution in [0, 0.1) is 0 Å². The molecule has 0 amide bonds. The quantitative estimate of drug-likeness (QED) is 0.100. The van der Waals surface area contributed by atoms with E-state index >= 15 is 0 Å². The first-order chi connectivity index (χ1) is 26.1. The minimum atomic E-state index is 0.609. The Hall–Kier alpha value is -6.62. The standard InChI is InChI=1S/C49H32N2OS/c1-30(32-14-4-3-5-15-32)50-49(42-29-33-16-6-7-17-36(33)38-18-8-9-19-39(38)42)51-31(2)35-21-12-23-43-47(35)48-37(22-13-24-44(48)52-43)34-26-27-46-41(28-34)40-20-10-11-25-45(40)53-46/h3-29H,1H2,2H3. The lowest BCUT2D eigenvalue weighted by molar-refractivity contribution is 0.669. The van der Waals surface area contributed by atoms with Crippen LogP contribution in [0.15, 0.2) is 185 Å². The lowest BCUT2D eigenvalue weighted by atomic mass is 9.95. The van der Waals surface area contributed by atoms with Gasteiger partial charge in [-0.05, 0) is 81.6 Å². The first kappa shape index (κ1) is 31.1. The normalized spacial score (nSPS) is 12.5. The van der Waals surface area contributed by atoms with Crippen LogP contribution >= 0.6 is 11.3 Å². The fourth-order valence-corrected chi connectivity index (χ4v) is 8.82. The zero-order chi connectivity index (χ0) is 35.5. The molecule has 0 bridgehead atoms. The molecule has 250 valence electrons. The number of hydrogen-bond donors (Lipinski definition) is 0. The van der Waals surface area contributed by atoms with Crippen LogP contribution in [-0.4, -0.2) is 11.5 Å². The Morgan fingerprint density at radius 1 is 0.528 bits per heavy atom. The molecule has 4 heteroatoms. The van der Waals surface area contributed by atoms with Gasteiger partial charge in [0.05, 0.1) is 5.70 Å². The fourth-order valence-electron chi connectivity index (χ4n) is 7.73. The van der Waals surface area contributed by atoms with Crippen LogP contribution in [0.4, 0.5) is 0 Å². The highest BCUT2D eigenvalue weighted by Gasteiger charge is 2.19. The Balaban J connectivity index is 1.20. The summed E-state index contributed by atoms with van der Waals surface area (Å²) < 4.78 is 9.15. The highest BCUT2D eigenvalue weighted by molar-refractivity contribution is 7.25. The molecule has 2 heterocycles. The van der Waals surface area contributed by atoms with Gasteiger partial charge >= 0.3 is 0 Å². The average Bonchev–Trinajstić information content (AvgIpc) is 3.79. The second-order valence-electron chi connectivity index (χ2n) is 13.4. The van der Waals surface area contributed by atoms with E-state index in [0.29, 0.717) is 11.5 Å². The number of furan rings is 1. The van der Waals surface area contributed by atoms with Gasteiger partial charge in [0.1, 0.15) is 11.2 Å². The van der Waals surface area contributed by atoms with Crippen LogP contribution < -0.4 is 0 Å². The summed E-state index contributed by atoms with van der Waals surface area (Å²) in [6, 6.07) is 57.4. The third kappa shape index (κ3) is 5.26. The van der Waals surface area contributed by atoms with Crippen LogP contribution in [0.1, 0.15) is 23.6 Å². The zero-order valence-electron chi connectivity index (χ0n) is 29.0. The number of aliphatic imine (C=N–C) groups is 2. The first-order valence-electron chi connectivity index (χ1n) is 17.8. The summed E-state index contributed by atoms with van der Waals surface area (Å²) in [5.74, 6) is 0.609. The molecule has 3 nitrogen and oxygen atoms in total. The average molecular weight is 697 g/mol. The Morgan fingerprint density at radius 2 is 1.21 bits per heavy atom. The molecule has 0 spiro atoms. The molecule has 2 aromatic heterocycles. The Bertz CT molecular complexity index is 3140. The third-order valence-corrected chi connectivity index (χ3v) is 11.4. The van der Waals surface area contributed by atoms with E-state index in [1.165, 1.54) is 25.6 Å². The molecule has 10 aromatic rings. The van der Waals surface area contributed by atoms with Crippen LogP contribution in [0.2, 0.25) is 0 Å². The predicted molar refractivity (Wildman–Crippen MR) is 228 cm³/mol. The van der Waals surface area contributed by atoms with E-state index in [1.54, 1.807) is 0 Å². The van der Waals surface area contributed by atoms with Crippen molar-refractivity contribution in [2.75, 3.05) is 0 Å². The van der Waals surface area contributed by atoms with Crippen molar-refractivity contribution < 1.29 is 4.42 Å². The van der Waals surface area contributed by atoms with Gasteiger partial charge in [-0.2, -0.15) is 0 Å². The summed E-state index contributed by atoms with van der Waals surface area (Å²) in [5, 5.41) is 9.26. The van der Waals surface area contributed by atoms with Crippen molar-refractivity contribution >= 4 is 92.2 Å². The Labute approximate surface area is 310 Å². The molecular formula is C49H32N2OS. The third-order valence-electron chi connectivity index (χ3n) is 10.2. The number of benzene rings is 8. The number of thiophene rings is 1. The maximum absolute atomic E-state index is 6.57. The van der Waals surface area contributed by atoms with Crippen molar-refractivity contribution in [2.45, 2.75) is 6.92 Å². The van der Waals surface area contributed by atoms with Gasteiger partial charge in [0.25, 0.3) is 0 Å². The monoisotopic (exact) mass is 696 g/mol. The summed E-state index contributed by atoms with van der Waals surface area (Å²) in [5.41, 5.74) is 8.35. The van der Waals surface area contributed by atoms with Crippen molar-refractivity contribution in [1.82, 2.24) is 0 Å². The lowest BCUT2D eigenvalue weighted by Crippen LogP contribution is -2.06. The molecule has 0 saturated carbocycles. The van der Waals surface area contributed by atoms with Gasteiger partial charge < -0.3 is 4.42 Å². The summed E-state index contributed by atoms with van der Waals surface area (Å²) in [6.07, 6.45) is 0. The molecule has 0 unspecified atom stereocenters. The van der Waals surface area contributed by atoms with E-state index in [0.717, 1.165) is 71.6 Å². The largest absolute Gasteiger partial charge is 0.456 e. The van der Waals surface area contributed by atoms with Gasteiger partial charge in [-0.1, -0.05) is 134 Å². The summed E-state index contributed by atoms with van der Waals surface area (Å²) in [7, 11) is 0. The van der Waals surface area contributed by atoms with Crippen LogP contribution in [0.3, 0.4) is 0 Å². The Kier molecular flexibility index (Phi) is 7.38. The highest BCUT2D eigenvalue weighted by atomic mass is 32.1. The fraction of sp³-hybridized carbons (Fsp3) is 0.0204. The zero-order valence-corrected chi connectivity index (χ0v) is 29.8. The topological polar surface area (TPSA) is 37.9 Å². The minimum Gasteiger partial charge on any atom is -0.456 e. The summed E-state index contributed by atoms with van der Waals surface area (Å²) >= 11 is 1.84. The predicted octanol–water partition coefficient (Wildman–Crippen LogP) is 13.9. The van der Waals surface area contributed by atoms with Crippen molar-refractivity contribution in [3.05, 3.63) is 187 Å². The van der Waals surface area contributed by atoms with Crippen LogP contribution in [0.25, 0.3) is 80.5 Å². The van der Waals surface area contributed by atoms with Gasteiger partial charge in [0.15, 0.2) is 5.84 Å². The SMILES string of the molecule is C=C(N=C(N=C(C)c1cccc2oc3cccc(-c4ccc5sc6ccccc6c5c4)c3c12)c1cc2ccccc2c2ccccc12)c1ccccc1. The van der Waals surface area contributed by atoms with E-state index in [9.17, 15) is 0 Å². The number of nitrogens with zero attached hydrogens (tertiary/aromatic N) is 2. The number of hydrogen-bond acceptors (Lipinski definition) is 3. The molecule has 0 fully saturated rings. The van der Waals surface area contributed by atoms with Crippen LogP contribution in [-0.2, 0) is 0 Å². The molecule has 0 aliphatic heterocycles. The maximum Gasteiger partial charge on any atom is 0.160 e. The molecule has 0 N–H and O–H groups in total. The van der Waals surface area contributed by atoms with Crippen LogP contribution in [0.5, 0.6) is 0 Å². The summed E-state index contributed by atoms with van der Waals surface area (Å²) in [6.45, 7) is 6.48. The molecule has 0 radical (unpaired) electrons. The molecule has 0 aliphatic carbocycles. The van der Waals surface area contributed by atoms with E-state index < -0.39 is 0 Å². The van der Waals surface area contributed by atoms with Gasteiger partial charge in [-0.15, -0.1) is 11.3 Å². The molecule has 0 saturated heterocycles. The number of amidine groups is 1. The van der Waals surface area contributed by atoms with Gasteiger partial charge in [-0.3, -0.25) is 0 Å². The van der Waals surface area contributed by atoms with Gasteiger partial charge in [-0.25, -0.2) is 9.98 Å². The molecule has 53 heavy (non-hydrogen) atoms. The minimum absolute atomic E-state index is 0.609. The first-order valence-corrected chi connectivity index (χ1v) is 18.6. The van der Waals surface area contributed by atoms with E-state index in [-0.39, 0.29) is 0 Å². The van der Waals surface area contributed by atoms with E-state index in [1.807, 2.05) is 47.7 Å². The van der Waals surface area contributed by atoms with Crippen molar-refractivity contribution in [3.8, 4) is 11.1 Å². The Morgan fingerprint density at radius 3 is 2.06 bits per heavy atom. The van der Waals surface area contributed by atoms with Crippen molar-refractivity contribution in [1.29, 1.82) is 0 Å². The smallest absolute Gasteiger partial charge is 0.160 e. The molecule has 8 aromatic carbocycles. The highest BCUT2D eigenvalue weighted by Crippen LogP contribution is 2.42. The van der Waals surface area contributed by atoms with Crippen molar-refractivity contribution in [2.24, 2.45) is 9.98 Å². The second kappa shape index (κ2) is 12.6. The van der Waals surface area contributed by atoms with E-state index in [4.69, 9.17) is 14.4 Å². The number of fused-ring (bicyclic) bond motifs is 9. The van der Waals surface area contributed by atoms with Crippen molar-refractivity contribution in [3.63, 3.8) is 0 Å². The van der Waals surface area contributed by atoms with E-state index in [2.05, 4.69) is 141 Å².